The number of aryl methyl sites for hydroxylation is 1. The average molecular weight is 373 g/mol. The number of carbonyl (C=O) groups excluding carboxylic acids is 1. The Morgan fingerprint density at radius 2 is 2.07 bits per heavy atom. The molecule has 1 aliphatic rings. The van der Waals surface area contributed by atoms with E-state index in [2.05, 4.69) is 28.4 Å². The fraction of sp³-hybridized carbons (Fsp3) is 0.500. The third kappa shape index (κ3) is 4.47. The minimum absolute atomic E-state index is 0.0326. The minimum atomic E-state index is -0.707. The van der Waals surface area contributed by atoms with Gasteiger partial charge in [0.1, 0.15) is 11.4 Å². The van der Waals surface area contributed by atoms with Gasteiger partial charge in [0.2, 0.25) is 5.91 Å². The Balaban J connectivity index is 1.71. The Bertz CT molecular complexity index is 780. The number of hydrogen-bond donors (Lipinski definition) is 1. The maximum atomic E-state index is 13.6. The standard InChI is InChI=1S/C20H28FN5O/c1-4-26-15-16(13-22-26)14-25-10-8-20(9-11-25,19(27)24(2)3)23-18-7-5-6-17(21)12-18/h5-7,12-13,15,23H,4,8-11,14H2,1-3H3. The number of rotatable bonds is 6. The molecule has 1 saturated heterocycles. The number of nitrogens with one attached hydrogen (secondary N) is 1. The zero-order valence-corrected chi connectivity index (χ0v) is 16.3. The third-order valence-electron chi connectivity index (χ3n) is 5.15. The first-order valence-corrected chi connectivity index (χ1v) is 9.41. The molecule has 0 aliphatic carbocycles. The molecular weight excluding hydrogens is 345 g/mol. The Hall–Kier alpha value is -2.41. The second kappa shape index (κ2) is 8.08. The molecule has 0 radical (unpaired) electrons. The highest BCUT2D eigenvalue weighted by atomic mass is 19.1. The molecule has 0 unspecified atom stereocenters. The van der Waals surface area contributed by atoms with E-state index < -0.39 is 5.54 Å². The number of halogens is 1. The van der Waals surface area contributed by atoms with Crippen molar-refractivity contribution in [1.29, 1.82) is 0 Å². The van der Waals surface area contributed by atoms with Crippen LogP contribution in [0.3, 0.4) is 0 Å². The molecule has 1 N–H and O–H groups in total. The second-order valence-electron chi connectivity index (χ2n) is 7.40. The van der Waals surface area contributed by atoms with Crippen LogP contribution < -0.4 is 5.32 Å². The summed E-state index contributed by atoms with van der Waals surface area (Å²) in [7, 11) is 3.53. The summed E-state index contributed by atoms with van der Waals surface area (Å²) in [5.41, 5.74) is 1.12. The number of aromatic nitrogens is 2. The number of likely N-dealkylation sites (tertiary alicyclic amines) is 1. The molecule has 2 heterocycles. The summed E-state index contributed by atoms with van der Waals surface area (Å²) >= 11 is 0. The molecule has 1 aliphatic heterocycles. The molecule has 0 atom stereocenters. The Morgan fingerprint density at radius 3 is 2.67 bits per heavy atom. The Morgan fingerprint density at radius 1 is 1.33 bits per heavy atom. The van der Waals surface area contributed by atoms with Gasteiger partial charge in [-0.3, -0.25) is 14.4 Å². The van der Waals surface area contributed by atoms with Crippen LogP contribution in [0.5, 0.6) is 0 Å². The molecule has 7 heteroatoms. The maximum absolute atomic E-state index is 13.6. The minimum Gasteiger partial charge on any atom is -0.371 e. The van der Waals surface area contributed by atoms with Gasteiger partial charge in [-0.2, -0.15) is 5.10 Å². The fourth-order valence-corrected chi connectivity index (χ4v) is 3.67. The molecule has 3 rings (SSSR count). The highest BCUT2D eigenvalue weighted by Crippen LogP contribution is 2.30. The summed E-state index contributed by atoms with van der Waals surface area (Å²) in [6, 6.07) is 6.31. The number of nitrogens with zero attached hydrogens (tertiary/aromatic N) is 4. The number of amides is 1. The van der Waals surface area contributed by atoms with E-state index in [0.717, 1.165) is 26.2 Å². The van der Waals surface area contributed by atoms with E-state index in [4.69, 9.17) is 0 Å². The molecular formula is C20H28FN5O. The second-order valence-corrected chi connectivity index (χ2v) is 7.40. The molecule has 1 aromatic heterocycles. The van der Waals surface area contributed by atoms with E-state index >= 15 is 0 Å². The highest BCUT2D eigenvalue weighted by Gasteiger charge is 2.42. The van der Waals surface area contributed by atoms with Crippen LogP contribution in [-0.2, 0) is 17.9 Å². The van der Waals surface area contributed by atoms with Crippen LogP contribution in [0.2, 0.25) is 0 Å². The fourth-order valence-electron chi connectivity index (χ4n) is 3.67. The molecule has 1 aromatic carbocycles. The van der Waals surface area contributed by atoms with Gasteiger partial charge in [0, 0.05) is 57.7 Å². The number of benzene rings is 1. The van der Waals surface area contributed by atoms with Crippen molar-refractivity contribution in [3.05, 3.63) is 48.0 Å². The summed E-state index contributed by atoms with van der Waals surface area (Å²) in [5, 5.41) is 7.67. The van der Waals surface area contributed by atoms with Crippen molar-refractivity contribution in [3.8, 4) is 0 Å². The van der Waals surface area contributed by atoms with Crippen molar-refractivity contribution in [1.82, 2.24) is 19.6 Å². The van der Waals surface area contributed by atoms with Gasteiger partial charge in [-0.25, -0.2) is 4.39 Å². The first kappa shape index (κ1) is 19.4. The topological polar surface area (TPSA) is 53.4 Å². The van der Waals surface area contributed by atoms with Gasteiger partial charge in [0.15, 0.2) is 0 Å². The van der Waals surface area contributed by atoms with E-state index in [1.807, 2.05) is 10.9 Å². The summed E-state index contributed by atoms with van der Waals surface area (Å²) in [6.07, 6.45) is 5.31. The lowest BCUT2D eigenvalue weighted by molar-refractivity contribution is -0.135. The van der Waals surface area contributed by atoms with Crippen LogP contribution in [0.4, 0.5) is 10.1 Å². The number of likely N-dealkylation sites (N-methyl/N-ethyl adjacent to an activating group) is 1. The van der Waals surface area contributed by atoms with Crippen molar-refractivity contribution in [3.63, 3.8) is 0 Å². The van der Waals surface area contributed by atoms with Crippen LogP contribution >= 0.6 is 0 Å². The van der Waals surface area contributed by atoms with Gasteiger partial charge in [-0.15, -0.1) is 0 Å². The highest BCUT2D eigenvalue weighted by molar-refractivity contribution is 5.89. The van der Waals surface area contributed by atoms with Gasteiger partial charge in [-0.1, -0.05) is 6.07 Å². The quantitative estimate of drug-likeness (QED) is 0.846. The molecule has 0 bridgehead atoms. The van der Waals surface area contributed by atoms with Crippen molar-refractivity contribution in [2.75, 3.05) is 32.5 Å². The molecule has 6 nitrogen and oxygen atoms in total. The lowest BCUT2D eigenvalue weighted by Crippen LogP contribution is -2.57. The molecule has 0 saturated carbocycles. The smallest absolute Gasteiger partial charge is 0.247 e. The zero-order valence-electron chi connectivity index (χ0n) is 16.3. The van der Waals surface area contributed by atoms with Crippen molar-refractivity contribution < 1.29 is 9.18 Å². The number of anilines is 1. The van der Waals surface area contributed by atoms with Crippen LogP contribution in [0, 0.1) is 5.82 Å². The predicted molar refractivity (Wildman–Crippen MR) is 104 cm³/mol. The molecule has 2 aromatic rings. The molecule has 146 valence electrons. The Kier molecular flexibility index (Phi) is 5.79. The van der Waals surface area contributed by atoms with Crippen LogP contribution in [0.1, 0.15) is 25.3 Å². The monoisotopic (exact) mass is 373 g/mol. The van der Waals surface area contributed by atoms with Crippen molar-refractivity contribution >= 4 is 11.6 Å². The van der Waals surface area contributed by atoms with E-state index in [9.17, 15) is 9.18 Å². The van der Waals surface area contributed by atoms with Gasteiger partial charge in [-0.05, 0) is 38.0 Å². The lowest BCUT2D eigenvalue weighted by atomic mass is 9.85. The van der Waals surface area contributed by atoms with Gasteiger partial charge >= 0.3 is 0 Å². The largest absolute Gasteiger partial charge is 0.371 e. The van der Waals surface area contributed by atoms with Crippen molar-refractivity contribution in [2.45, 2.75) is 38.4 Å². The number of hydrogen-bond acceptors (Lipinski definition) is 4. The molecule has 0 spiro atoms. The molecule has 27 heavy (non-hydrogen) atoms. The van der Waals surface area contributed by atoms with Crippen LogP contribution in [0.15, 0.2) is 36.7 Å². The first-order chi connectivity index (χ1) is 12.9. The van der Waals surface area contributed by atoms with Crippen LogP contribution in [0.25, 0.3) is 0 Å². The van der Waals surface area contributed by atoms with Gasteiger partial charge in [0.05, 0.1) is 6.20 Å². The van der Waals surface area contributed by atoms with Gasteiger partial charge < -0.3 is 10.2 Å². The molecule has 1 amide bonds. The Labute approximate surface area is 160 Å². The predicted octanol–water partition coefficient (Wildman–Crippen LogP) is 2.58. The first-order valence-electron chi connectivity index (χ1n) is 9.41. The van der Waals surface area contributed by atoms with Crippen LogP contribution in [-0.4, -0.2) is 58.2 Å². The summed E-state index contributed by atoms with van der Waals surface area (Å²) in [5.74, 6) is -0.275. The summed E-state index contributed by atoms with van der Waals surface area (Å²) in [4.78, 5) is 16.9. The summed E-state index contributed by atoms with van der Waals surface area (Å²) in [6.45, 7) is 5.33. The van der Waals surface area contributed by atoms with E-state index in [1.165, 1.54) is 17.7 Å². The zero-order chi connectivity index (χ0) is 19.4. The summed E-state index contributed by atoms with van der Waals surface area (Å²) < 4.78 is 15.5. The SMILES string of the molecule is CCn1cc(CN2CCC(Nc3cccc(F)c3)(C(=O)N(C)C)CC2)cn1. The number of carbonyl (C=O) groups is 1. The van der Waals surface area contributed by atoms with E-state index in [-0.39, 0.29) is 11.7 Å². The normalized spacial score (nSPS) is 16.9. The average Bonchev–Trinajstić information content (AvgIpc) is 3.10. The number of piperidine rings is 1. The lowest BCUT2D eigenvalue weighted by Gasteiger charge is -2.43. The molecule has 1 fully saturated rings. The maximum Gasteiger partial charge on any atom is 0.247 e. The van der Waals surface area contributed by atoms with E-state index in [1.54, 1.807) is 31.1 Å². The van der Waals surface area contributed by atoms with Crippen molar-refractivity contribution in [2.24, 2.45) is 0 Å². The van der Waals surface area contributed by atoms with Gasteiger partial charge in [0.25, 0.3) is 0 Å². The van der Waals surface area contributed by atoms with E-state index in [0.29, 0.717) is 18.5 Å². The third-order valence-corrected chi connectivity index (χ3v) is 5.15.